The minimum atomic E-state index is 0.0306. The molecule has 1 aliphatic rings. The number of thiophene rings is 1. The van der Waals surface area contributed by atoms with Gasteiger partial charge in [-0.25, -0.2) is 4.98 Å². The van der Waals surface area contributed by atoms with Gasteiger partial charge in [-0.15, -0.1) is 23.1 Å². The largest absolute Gasteiger partial charge is 0.379 e. The van der Waals surface area contributed by atoms with E-state index in [1.165, 1.54) is 11.3 Å². The van der Waals surface area contributed by atoms with E-state index in [4.69, 9.17) is 9.72 Å². The summed E-state index contributed by atoms with van der Waals surface area (Å²) in [5, 5.41) is 2.72. The van der Waals surface area contributed by atoms with E-state index in [2.05, 4.69) is 29.4 Å². The van der Waals surface area contributed by atoms with E-state index in [1.807, 2.05) is 22.4 Å². The van der Waals surface area contributed by atoms with E-state index in [9.17, 15) is 4.79 Å². The number of anilines is 1. The minimum absolute atomic E-state index is 0.0306. The third kappa shape index (κ3) is 4.20. The van der Waals surface area contributed by atoms with E-state index in [-0.39, 0.29) is 5.91 Å². The van der Waals surface area contributed by atoms with Crippen molar-refractivity contribution < 1.29 is 9.53 Å². The first-order chi connectivity index (χ1) is 13.3. The molecule has 0 bridgehead atoms. The number of rotatable bonds is 6. The molecule has 1 aromatic carbocycles. The highest BCUT2D eigenvalue weighted by Crippen LogP contribution is 2.34. The highest BCUT2D eigenvalue weighted by atomic mass is 32.2. The highest BCUT2D eigenvalue weighted by Gasteiger charge is 2.23. The van der Waals surface area contributed by atoms with Gasteiger partial charge in [-0.1, -0.05) is 23.5 Å². The number of fused-ring (bicyclic) bond motifs is 1. The summed E-state index contributed by atoms with van der Waals surface area (Å²) in [5.41, 5.74) is 0.986. The van der Waals surface area contributed by atoms with Gasteiger partial charge in [0.15, 0.2) is 5.13 Å². The maximum atomic E-state index is 13.2. The molecule has 3 heterocycles. The second-order valence-electron chi connectivity index (χ2n) is 6.19. The molecular weight excluding hydrogens is 398 g/mol. The average Bonchev–Trinajstić information content (AvgIpc) is 3.38. The lowest BCUT2D eigenvalue weighted by atomic mass is 10.3. The van der Waals surface area contributed by atoms with Crippen LogP contribution in [0.4, 0.5) is 5.13 Å². The van der Waals surface area contributed by atoms with E-state index in [1.54, 1.807) is 23.1 Å². The van der Waals surface area contributed by atoms with Crippen LogP contribution in [0.25, 0.3) is 10.2 Å². The summed E-state index contributed by atoms with van der Waals surface area (Å²) in [6.45, 7) is 4.81. The van der Waals surface area contributed by atoms with Gasteiger partial charge in [0, 0.05) is 31.1 Å². The number of para-hydroxylation sites is 1. The molecule has 3 aromatic rings. The predicted octanol–water partition coefficient (Wildman–Crippen LogP) is 4.06. The van der Waals surface area contributed by atoms with Crippen molar-refractivity contribution in [1.29, 1.82) is 0 Å². The van der Waals surface area contributed by atoms with Crippen molar-refractivity contribution in [3.05, 3.63) is 40.6 Å². The summed E-state index contributed by atoms with van der Waals surface area (Å²) >= 11 is 4.75. The van der Waals surface area contributed by atoms with E-state index in [0.717, 1.165) is 58.0 Å². The molecule has 5 nitrogen and oxygen atoms in total. The molecule has 0 saturated carbocycles. The third-order valence-electron chi connectivity index (χ3n) is 4.54. The second-order valence-corrected chi connectivity index (χ2v) is 9.00. The van der Waals surface area contributed by atoms with Crippen LogP contribution >= 0.6 is 34.4 Å². The van der Waals surface area contributed by atoms with Gasteiger partial charge in [0.05, 0.1) is 28.3 Å². The number of hydrogen-bond donors (Lipinski definition) is 0. The molecule has 1 aliphatic heterocycles. The number of thioether (sulfide) groups is 1. The number of benzene rings is 1. The van der Waals surface area contributed by atoms with Crippen molar-refractivity contribution in [1.82, 2.24) is 9.88 Å². The first-order valence-corrected chi connectivity index (χ1v) is 11.8. The lowest BCUT2D eigenvalue weighted by Crippen LogP contribution is -2.43. The lowest BCUT2D eigenvalue weighted by molar-refractivity contribution is 0.0391. The Hall–Kier alpha value is -1.45. The summed E-state index contributed by atoms with van der Waals surface area (Å²) in [5.74, 6) is 0.0306. The Bertz CT molecular complexity index is 904. The van der Waals surface area contributed by atoms with E-state index < -0.39 is 0 Å². The minimum Gasteiger partial charge on any atom is -0.379 e. The van der Waals surface area contributed by atoms with Gasteiger partial charge in [0.25, 0.3) is 5.91 Å². The molecule has 2 aromatic heterocycles. The van der Waals surface area contributed by atoms with Crippen molar-refractivity contribution in [3.63, 3.8) is 0 Å². The molecule has 1 saturated heterocycles. The van der Waals surface area contributed by atoms with Crippen LogP contribution in [0.3, 0.4) is 0 Å². The first kappa shape index (κ1) is 18.9. The van der Waals surface area contributed by atoms with Crippen LogP contribution in [0.1, 0.15) is 9.67 Å². The zero-order chi connectivity index (χ0) is 18.6. The van der Waals surface area contributed by atoms with E-state index >= 15 is 0 Å². The van der Waals surface area contributed by atoms with Crippen molar-refractivity contribution in [2.75, 3.05) is 50.5 Å². The number of carbonyl (C=O) groups is 1. The number of morpholine rings is 1. The topological polar surface area (TPSA) is 45.7 Å². The molecule has 0 N–H and O–H groups in total. The number of aromatic nitrogens is 1. The summed E-state index contributed by atoms with van der Waals surface area (Å²) in [7, 11) is 0. The van der Waals surface area contributed by atoms with Gasteiger partial charge in [0.2, 0.25) is 0 Å². The maximum absolute atomic E-state index is 13.2. The van der Waals surface area contributed by atoms with Gasteiger partial charge in [-0.2, -0.15) is 0 Å². The van der Waals surface area contributed by atoms with E-state index in [0.29, 0.717) is 6.54 Å². The zero-order valence-corrected chi connectivity index (χ0v) is 17.5. The fourth-order valence-corrected chi connectivity index (χ4v) is 5.39. The Morgan fingerprint density at radius 2 is 2.15 bits per heavy atom. The average molecular weight is 420 g/mol. The summed E-state index contributed by atoms with van der Waals surface area (Å²) < 4.78 is 6.55. The van der Waals surface area contributed by atoms with Crippen LogP contribution in [0, 0.1) is 0 Å². The molecule has 27 heavy (non-hydrogen) atoms. The molecular formula is C19H21N3O2S3. The van der Waals surface area contributed by atoms with Gasteiger partial charge in [0.1, 0.15) is 0 Å². The number of hydrogen-bond acceptors (Lipinski definition) is 7. The Kier molecular flexibility index (Phi) is 6.09. The zero-order valence-electron chi connectivity index (χ0n) is 15.1. The summed E-state index contributed by atoms with van der Waals surface area (Å²) in [4.78, 5) is 24.1. The maximum Gasteiger partial charge on any atom is 0.270 e. The lowest BCUT2D eigenvalue weighted by Gasteiger charge is -2.29. The molecule has 0 atom stereocenters. The Labute approximate surface area is 171 Å². The number of carbonyl (C=O) groups excluding carboxylic acids is 1. The van der Waals surface area contributed by atoms with Gasteiger partial charge in [-0.3, -0.25) is 14.6 Å². The van der Waals surface area contributed by atoms with Crippen LogP contribution in [0.15, 0.2) is 40.6 Å². The van der Waals surface area contributed by atoms with Crippen molar-refractivity contribution in [2.24, 2.45) is 0 Å². The highest BCUT2D eigenvalue weighted by molar-refractivity contribution is 7.98. The number of nitrogens with zero attached hydrogens (tertiary/aromatic N) is 3. The molecule has 0 aliphatic carbocycles. The van der Waals surface area contributed by atoms with Crippen LogP contribution in [0.5, 0.6) is 0 Å². The molecule has 0 radical (unpaired) electrons. The number of thiazole rings is 1. The fraction of sp³-hybridized carbons (Fsp3) is 0.368. The summed E-state index contributed by atoms with van der Waals surface area (Å²) in [6.07, 6.45) is 2.06. The summed E-state index contributed by atoms with van der Waals surface area (Å²) in [6, 6.07) is 10.0. The molecule has 8 heteroatoms. The first-order valence-electron chi connectivity index (χ1n) is 8.85. The Balaban J connectivity index is 1.63. The SMILES string of the molecule is CSc1cccc2sc(N(CCN3CCOCC3)C(=O)c3cccs3)nc12. The molecule has 0 unspecified atom stereocenters. The van der Waals surface area contributed by atoms with Crippen molar-refractivity contribution >= 4 is 55.7 Å². The van der Waals surface area contributed by atoms with Gasteiger partial charge < -0.3 is 4.74 Å². The molecule has 0 spiro atoms. The van der Waals surface area contributed by atoms with Crippen molar-refractivity contribution in [2.45, 2.75) is 4.90 Å². The van der Waals surface area contributed by atoms with Gasteiger partial charge in [-0.05, 0) is 29.8 Å². The second kappa shape index (κ2) is 8.70. The predicted molar refractivity (Wildman–Crippen MR) is 115 cm³/mol. The van der Waals surface area contributed by atoms with Crippen molar-refractivity contribution in [3.8, 4) is 0 Å². The van der Waals surface area contributed by atoms with Crippen LogP contribution in [-0.2, 0) is 4.74 Å². The smallest absolute Gasteiger partial charge is 0.270 e. The van der Waals surface area contributed by atoms with Gasteiger partial charge >= 0.3 is 0 Å². The fourth-order valence-electron chi connectivity index (χ4n) is 3.08. The number of amides is 1. The van der Waals surface area contributed by atoms with Crippen LogP contribution < -0.4 is 4.90 Å². The molecule has 142 valence electrons. The Morgan fingerprint density at radius 1 is 1.30 bits per heavy atom. The third-order valence-corrected chi connectivity index (χ3v) is 7.21. The normalized spacial score (nSPS) is 15.3. The van der Waals surface area contributed by atoms with Crippen LogP contribution in [-0.4, -0.2) is 61.4 Å². The molecule has 4 rings (SSSR count). The standard InChI is InChI=1S/C19H21N3O2S3/c1-25-14-4-2-5-15-17(14)20-19(27-15)22(18(23)16-6-3-13-26-16)8-7-21-9-11-24-12-10-21/h2-6,13H,7-12H2,1H3. The molecule has 1 fully saturated rings. The number of ether oxygens (including phenoxy) is 1. The monoisotopic (exact) mass is 419 g/mol. The quantitative estimate of drug-likeness (QED) is 0.564. The van der Waals surface area contributed by atoms with Crippen LogP contribution in [0.2, 0.25) is 0 Å². The molecule has 1 amide bonds. The Morgan fingerprint density at radius 3 is 2.89 bits per heavy atom.